The zero-order chi connectivity index (χ0) is 46.8. The minimum absolute atomic E-state index is 0.0751. The molecule has 0 aliphatic heterocycles. The second-order valence-electron chi connectivity index (χ2n) is 14.0. The van der Waals surface area contributed by atoms with E-state index in [1.165, 1.54) is 0 Å². The molecule has 0 atom stereocenters. The van der Waals surface area contributed by atoms with Gasteiger partial charge in [-0.25, -0.2) is 4.79 Å². The molecule has 0 aromatic heterocycles. The molecule has 0 aliphatic carbocycles. The first kappa shape index (κ1) is 61.8. The molecule has 0 rings (SSSR count). The Hall–Kier alpha value is -2.19. The molecular weight excluding hydrogens is 848 g/mol. The van der Waals surface area contributed by atoms with Gasteiger partial charge in [0.25, 0.3) is 0 Å². The Labute approximate surface area is 381 Å². The van der Waals surface area contributed by atoms with Gasteiger partial charge < -0.3 is 86.8 Å². The number of carbonyl (C=O) groups excluding carboxylic acids is 2. The lowest BCUT2D eigenvalue weighted by Crippen LogP contribution is -2.35. The Morgan fingerprint density at radius 3 is 0.828 bits per heavy atom. The molecule has 21 heteroatoms. The third kappa shape index (κ3) is 46.3. The summed E-state index contributed by atoms with van der Waals surface area (Å²) < 4.78 is 83.5. The van der Waals surface area contributed by atoms with Gasteiger partial charge in [0.05, 0.1) is 132 Å². The Morgan fingerprint density at radius 2 is 0.578 bits per heavy atom. The van der Waals surface area contributed by atoms with Crippen LogP contribution in [0.1, 0.15) is 53.4 Å². The van der Waals surface area contributed by atoms with Crippen molar-refractivity contribution in [1.29, 1.82) is 0 Å². The fourth-order valence-electron chi connectivity index (χ4n) is 4.82. The fourth-order valence-corrected chi connectivity index (χ4v) is 4.82. The Kier molecular flexibility index (Phi) is 48.5. The van der Waals surface area contributed by atoms with Gasteiger partial charge in [0.15, 0.2) is 0 Å². The molecule has 2 amide bonds. The normalized spacial score (nSPS) is 11.7. The average molecular weight is 933 g/mol. The van der Waals surface area contributed by atoms with E-state index >= 15 is 0 Å². The van der Waals surface area contributed by atoms with E-state index in [1.807, 2.05) is 27.7 Å². The summed E-state index contributed by atoms with van der Waals surface area (Å²) in [7, 11) is 0. The molecule has 3 N–H and O–H groups in total. The Balaban J connectivity index is 4.23. The summed E-state index contributed by atoms with van der Waals surface area (Å²) in [5, 5.41) is 14.5. The molecule has 0 unspecified atom stereocenters. The maximum absolute atomic E-state index is 12.4. The molecule has 0 spiro atoms. The number of nitrogens with one attached hydrogen (secondary N) is 2. The molecular formula is C43H84N2O19. The molecule has 0 aromatic carbocycles. The molecule has 21 nitrogen and oxygen atoms in total. The smallest absolute Gasteiger partial charge is 0.329 e. The summed E-state index contributed by atoms with van der Waals surface area (Å²) in [5.41, 5.74) is 0. The zero-order valence-corrected chi connectivity index (χ0v) is 39.4. The van der Waals surface area contributed by atoms with Gasteiger partial charge in [-0.05, 0) is 25.7 Å². The van der Waals surface area contributed by atoms with Crippen molar-refractivity contribution in [1.82, 2.24) is 10.6 Å². The van der Waals surface area contributed by atoms with Crippen molar-refractivity contribution in [2.45, 2.75) is 71.7 Å². The maximum Gasteiger partial charge on any atom is 0.329 e. The van der Waals surface area contributed by atoms with Crippen molar-refractivity contribution in [3.63, 3.8) is 0 Å². The molecule has 0 saturated carbocycles. The van der Waals surface area contributed by atoms with E-state index in [0.29, 0.717) is 79.3 Å². The van der Waals surface area contributed by atoms with Gasteiger partial charge in [0.1, 0.15) is 38.1 Å². The van der Waals surface area contributed by atoms with Crippen molar-refractivity contribution >= 4 is 17.8 Å². The predicted octanol–water partition coefficient (Wildman–Crippen LogP) is 1.30. The largest absolute Gasteiger partial charge is 0.480 e. The van der Waals surface area contributed by atoms with E-state index in [0.717, 1.165) is 25.7 Å². The molecule has 0 aromatic rings. The lowest BCUT2D eigenvalue weighted by atomic mass is 10.4. The van der Waals surface area contributed by atoms with Gasteiger partial charge >= 0.3 is 5.97 Å². The van der Waals surface area contributed by atoms with Gasteiger partial charge in [-0.3, -0.25) is 9.59 Å². The third-order valence-electron chi connectivity index (χ3n) is 7.93. The minimum Gasteiger partial charge on any atom is -0.480 e. The van der Waals surface area contributed by atoms with Crippen molar-refractivity contribution in [2.75, 3.05) is 191 Å². The number of rotatable bonds is 53. The number of aliphatic carboxylic acids is 1. The van der Waals surface area contributed by atoms with E-state index in [4.69, 9.17) is 76.2 Å². The maximum atomic E-state index is 12.4. The molecule has 380 valence electrons. The highest BCUT2D eigenvalue weighted by Crippen LogP contribution is 2.00. The number of carboxylic acid groups (broad SMARTS) is 1. The van der Waals surface area contributed by atoms with Crippen molar-refractivity contribution < 1.29 is 90.5 Å². The SMILES string of the molecule is CCCOCCOCC(COCCOCCC)OCC(=O)NCCOCCOCC(COCCOCCNC(=O)COC(COCCOCCC)COCCOCCC)OCC(=O)O. The van der Waals surface area contributed by atoms with Crippen LogP contribution in [-0.4, -0.2) is 233 Å². The second-order valence-corrected chi connectivity index (χ2v) is 14.0. The topological polar surface area (TPSA) is 234 Å². The van der Waals surface area contributed by atoms with Crippen LogP contribution in [0.5, 0.6) is 0 Å². The van der Waals surface area contributed by atoms with Crippen molar-refractivity contribution in [2.24, 2.45) is 0 Å². The monoisotopic (exact) mass is 933 g/mol. The lowest BCUT2D eigenvalue weighted by Gasteiger charge is -2.18. The third-order valence-corrected chi connectivity index (χ3v) is 7.93. The van der Waals surface area contributed by atoms with Crippen LogP contribution in [0.25, 0.3) is 0 Å². The lowest BCUT2D eigenvalue weighted by molar-refractivity contribution is -0.148. The quantitative estimate of drug-likeness (QED) is 0.0730. The summed E-state index contributed by atoms with van der Waals surface area (Å²) in [6.07, 6.45) is 2.23. The van der Waals surface area contributed by atoms with Crippen LogP contribution in [0.3, 0.4) is 0 Å². The van der Waals surface area contributed by atoms with Crippen LogP contribution >= 0.6 is 0 Å². The van der Waals surface area contributed by atoms with E-state index in [-0.39, 0.29) is 117 Å². The van der Waals surface area contributed by atoms with E-state index in [1.54, 1.807) is 0 Å². The number of carboxylic acids is 1. The molecule has 64 heavy (non-hydrogen) atoms. The first-order chi connectivity index (χ1) is 31.4. The van der Waals surface area contributed by atoms with Crippen LogP contribution in [0, 0.1) is 0 Å². The number of hydrogen-bond donors (Lipinski definition) is 3. The zero-order valence-electron chi connectivity index (χ0n) is 39.4. The van der Waals surface area contributed by atoms with Gasteiger partial charge in [-0.1, -0.05) is 27.7 Å². The molecule has 0 heterocycles. The summed E-state index contributed by atoms with van der Waals surface area (Å²) in [6, 6.07) is 0. The van der Waals surface area contributed by atoms with Gasteiger partial charge in [0.2, 0.25) is 11.8 Å². The van der Waals surface area contributed by atoms with Gasteiger partial charge in [0, 0.05) is 39.5 Å². The fraction of sp³-hybridized carbons (Fsp3) is 0.930. The number of ether oxygens (including phenoxy) is 15. The van der Waals surface area contributed by atoms with Gasteiger partial charge in [-0.2, -0.15) is 0 Å². The molecule has 0 radical (unpaired) electrons. The standard InChI is InChI=1S/C43H84N2O19/c1-5-11-50-17-23-56-29-38(30-57-24-18-51-12-6-2)62-35-41(46)44-9-15-54-21-27-60-33-40(64-37-43(48)49)34-61-28-22-55-16-10-45-42(47)36-63-39(31-58-25-19-52-13-7-3)32-59-26-20-53-14-8-4/h38-40H,5-37H2,1-4H3,(H,44,46)(H,45,47)(H,48,49). The molecule has 0 fully saturated rings. The summed E-state index contributed by atoms with van der Waals surface area (Å²) in [6.45, 7) is 16.7. The predicted molar refractivity (Wildman–Crippen MR) is 234 cm³/mol. The van der Waals surface area contributed by atoms with Crippen molar-refractivity contribution in [3.05, 3.63) is 0 Å². The first-order valence-corrected chi connectivity index (χ1v) is 22.9. The van der Waals surface area contributed by atoms with E-state index in [9.17, 15) is 14.4 Å². The van der Waals surface area contributed by atoms with Crippen LogP contribution in [0.4, 0.5) is 0 Å². The highest BCUT2D eigenvalue weighted by Gasteiger charge is 2.15. The van der Waals surface area contributed by atoms with E-state index in [2.05, 4.69) is 10.6 Å². The summed E-state index contributed by atoms with van der Waals surface area (Å²) >= 11 is 0. The van der Waals surface area contributed by atoms with Crippen LogP contribution in [0.2, 0.25) is 0 Å². The van der Waals surface area contributed by atoms with Crippen LogP contribution in [-0.2, 0) is 85.4 Å². The number of hydrogen-bond acceptors (Lipinski definition) is 18. The first-order valence-electron chi connectivity index (χ1n) is 22.9. The molecule has 0 aliphatic rings. The Bertz CT molecular complexity index is 921. The van der Waals surface area contributed by atoms with Crippen LogP contribution < -0.4 is 10.6 Å². The number of carbonyl (C=O) groups is 3. The van der Waals surface area contributed by atoms with E-state index < -0.39 is 30.9 Å². The molecule has 0 saturated heterocycles. The second kappa shape index (κ2) is 50.2. The van der Waals surface area contributed by atoms with Gasteiger partial charge in [-0.15, -0.1) is 0 Å². The highest BCUT2D eigenvalue weighted by molar-refractivity contribution is 5.77. The average Bonchev–Trinajstić information content (AvgIpc) is 3.29. The minimum atomic E-state index is -1.12. The van der Waals surface area contributed by atoms with Crippen molar-refractivity contribution in [3.8, 4) is 0 Å². The summed E-state index contributed by atoms with van der Waals surface area (Å²) in [4.78, 5) is 35.8. The molecule has 0 bridgehead atoms. The summed E-state index contributed by atoms with van der Waals surface area (Å²) in [5.74, 6) is -1.73. The number of amides is 2. The van der Waals surface area contributed by atoms with Crippen LogP contribution in [0.15, 0.2) is 0 Å². The highest BCUT2D eigenvalue weighted by atomic mass is 16.6. The Morgan fingerprint density at radius 1 is 0.344 bits per heavy atom.